The molecule has 2 rings (SSSR count). The predicted molar refractivity (Wildman–Crippen MR) is 83.8 cm³/mol. The number of carbonyl (C=O) groups excluding carboxylic acids is 2. The van der Waals surface area contributed by atoms with Gasteiger partial charge in [0.15, 0.2) is 0 Å². The van der Waals surface area contributed by atoms with Crippen LogP contribution in [0.5, 0.6) is 0 Å². The number of amides is 2. The van der Waals surface area contributed by atoms with Gasteiger partial charge in [-0.2, -0.15) is 0 Å². The lowest BCUT2D eigenvalue weighted by molar-refractivity contribution is -0.115. The molecular formula is C14H13BrN4O2. The Bertz CT molecular complexity index is 658. The molecule has 108 valence electrons. The van der Waals surface area contributed by atoms with Crippen molar-refractivity contribution in [3.05, 3.63) is 52.8 Å². The highest BCUT2D eigenvalue weighted by molar-refractivity contribution is 9.10. The fourth-order valence-electron chi connectivity index (χ4n) is 1.57. The van der Waals surface area contributed by atoms with Crippen LogP contribution in [0.15, 0.2) is 47.2 Å². The second kappa shape index (κ2) is 6.85. The van der Waals surface area contributed by atoms with Crippen molar-refractivity contribution in [1.82, 2.24) is 10.3 Å². The first-order chi connectivity index (χ1) is 10.1. The zero-order chi connectivity index (χ0) is 15.2. The van der Waals surface area contributed by atoms with Crippen LogP contribution < -0.4 is 16.4 Å². The number of nitrogen functional groups attached to an aromatic ring is 1. The molecule has 0 aliphatic rings. The molecule has 0 fully saturated rings. The van der Waals surface area contributed by atoms with Crippen LogP contribution in [-0.4, -0.2) is 23.3 Å². The first-order valence-electron chi connectivity index (χ1n) is 6.10. The van der Waals surface area contributed by atoms with E-state index >= 15 is 0 Å². The number of carbonyl (C=O) groups is 2. The Labute approximate surface area is 129 Å². The molecule has 0 spiro atoms. The summed E-state index contributed by atoms with van der Waals surface area (Å²) in [5, 5.41) is 5.17. The van der Waals surface area contributed by atoms with Crippen LogP contribution >= 0.6 is 15.9 Å². The monoisotopic (exact) mass is 348 g/mol. The maximum Gasteiger partial charge on any atom is 0.251 e. The summed E-state index contributed by atoms with van der Waals surface area (Å²) < 4.78 is 0.531. The number of nitrogens with zero attached hydrogens (tertiary/aromatic N) is 1. The lowest BCUT2D eigenvalue weighted by Gasteiger charge is -2.08. The van der Waals surface area contributed by atoms with Gasteiger partial charge in [-0.1, -0.05) is 0 Å². The Kier molecular flexibility index (Phi) is 4.89. The van der Waals surface area contributed by atoms with Gasteiger partial charge in [0.25, 0.3) is 5.91 Å². The molecule has 1 aromatic carbocycles. The number of anilines is 2. The van der Waals surface area contributed by atoms with E-state index in [0.29, 0.717) is 21.5 Å². The van der Waals surface area contributed by atoms with Gasteiger partial charge in [-0.25, -0.2) is 4.98 Å². The zero-order valence-corrected chi connectivity index (χ0v) is 12.6. The molecule has 0 unspecified atom stereocenters. The minimum atomic E-state index is -0.340. The fourth-order valence-corrected chi connectivity index (χ4v) is 1.92. The molecule has 1 heterocycles. The predicted octanol–water partition coefficient (Wildman–Crippen LogP) is 1.79. The van der Waals surface area contributed by atoms with Gasteiger partial charge >= 0.3 is 0 Å². The molecular weight excluding hydrogens is 336 g/mol. The number of aromatic nitrogens is 1. The van der Waals surface area contributed by atoms with Crippen LogP contribution in [0.4, 0.5) is 11.4 Å². The number of pyridine rings is 1. The average molecular weight is 349 g/mol. The second-order valence-electron chi connectivity index (χ2n) is 4.19. The van der Waals surface area contributed by atoms with E-state index in [4.69, 9.17) is 5.73 Å². The highest BCUT2D eigenvalue weighted by atomic mass is 79.9. The fraction of sp³-hybridized carbons (Fsp3) is 0.0714. The average Bonchev–Trinajstić information content (AvgIpc) is 2.48. The minimum Gasteiger partial charge on any atom is -0.399 e. The maximum atomic E-state index is 11.8. The molecule has 1 aromatic heterocycles. The number of rotatable bonds is 4. The third kappa shape index (κ3) is 4.28. The Morgan fingerprint density at radius 1 is 1.19 bits per heavy atom. The molecule has 2 aromatic rings. The van der Waals surface area contributed by atoms with Crippen molar-refractivity contribution in [1.29, 1.82) is 0 Å². The summed E-state index contributed by atoms with van der Waals surface area (Å²) in [6, 6.07) is 9.86. The van der Waals surface area contributed by atoms with E-state index in [1.807, 2.05) is 0 Å². The summed E-state index contributed by atoms with van der Waals surface area (Å²) in [7, 11) is 0. The van der Waals surface area contributed by atoms with Crippen LogP contribution in [0.2, 0.25) is 0 Å². The smallest absolute Gasteiger partial charge is 0.251 e. The van der Waals surface area contributed by atoms with Crippen molar-refractivity contribution in [2.75, 3.05) is 17.6 Å². The second-order valence-corrected chi connectivity index (χ2v) is 4.95. The lowest BCUT2D eigenvalue weighted by atomic mass is 10.2. The van der Waals surface area contributed by atoms with Crippen molar-refractivity contribution < 1.29 is 9.59 Å². The summed E-state index contributed by atoms with van der Waals surface area (Å²) in [5.41, 5.74) is 7.11. The number of nitrogens with two attached hydrogens (primary N) is 1. The molecule has 0 bridgehead atoms. The highest BCUT2D eigenvalue weighted by Crippen LogP contribution is 2.17. The van der Waals surface area contributed by atoms with Crippen LogP contribution in [0.3, 0.4) is 0 Å². The van der Waals surface area contributed by atoms with Crippen LogP contribution in [0.25, 0.3) is 0 Å². The number of benzene rings is 1. The molecule has 0 saturated carbocycles. The summed E-state index contributed by atoms with van der Waals surface area (Å²) in [6.45, 7) is -0.134. The first-order valence-corrected chi connectivity index (χ1v) is 6.89. The molecule has 0 atom stereocenters. The molecule has 0 aliphatic heterocycles. The van der Waals surface area contributed by atoms with Crippen LogP contribution in [0.1, 0.15) is 10.4 Å². The number of hydrogen-bond acceptors (Lipinski definition) is 4. The molecule has 0 saturated heterocycles. The number of hydrogen-bond donors (Lipinski definition) is 3. The Morgan fingerprint density at radius 2 is 1.90 bits per heavy atom. The Morgan fingerprint density at radius 3 is 2.57 bits per heavy atom. The standard InChI is InChI=1S/C14H13BrN4O2/c15-13-11(2-1-7-17-13)19-12(20)8-18-14(21)9-3-5-10(16)6-4-9/h1-7H,8,16H2,(H,18,21)(H,19,20). The normalized spacial score (nSPS) is 9.95. The van der Waals surface area contributed by atoms with Gasteiger partial charge < -0.3 is 16.4 Å². The summed E-state index contributed by atoms with van der Waals surface area (Å²) in [4.78, 5) is 27.6. The maximum absolute atomic E-state index is 11.8. The molecule has 4 N–H and O–H groups in total. The topological polar surface area (TPSA) is 97.1 Å². The molecule has 21 heavy (non-hydrogen) atoms. The SMILES string of the molecule is Nc1ccc(C(=O)NCC(=O)Nc2cccnc2Br)cc1. The molecule has 6 nitrogen and oxygen atoms in total. The van der Waals surface area contributed by atoms with Gasteiger partial charge in [-0.3, -0.25) is 9.59 Å². The van der Waals surface area contributed by atoms with Gasteiger partial charge in [0.1, 0.15) is 4.60 Å². The van der Waals surface area contributed by atoms with Crippen molar-refractivity contribution in [2.45, 2.75) is 0 Å². The summed E-state index contributed by atoms with van der Waals surface area (Å²) >= 11 is 3.22. The minimum absolute atomic E-state index is 0.134. The summed E-state index contributed by atoms with van der Waals surface area (Å²) in [6.07, 6.45) is 1.60. The third-order valence-electron chi connectivity index (χ3n) is 2.62. The van der Waals surface area contributed by atoms with Crippen molar-refractivity contribution >= 4 is 39.1 Å². The first kappa shape index (κ1) is 15.0. The molecule has 0 aliphatic carbocycles. The van der Waals surface area contributed by atoms with E-state index in [0.717, 1.165) is 0 Å². The van der Waals surface area contributed by atoms with Crippen LogP contribution in [0, 0.1) is 0 Å². The third-order valence-corrected chi connectivity index (χ3v) is 3.25. The molecule has 2 amide bonds. The van der Waals surface area contributed by atoms with Gasteiger partial charge in [-0.05, 0) is 52.3 Å². The quantitative estimate of drug-likeness (QED) is 0.579. The van der Waals surface area contributed by atoms with E-state index in [2.05, 4.69) is 31.5 Å². The summed E-state index contributed by atoms with van der Waals surface area (Å²) in [5.74, 6) is -0.678. The van der Waals surface area contributed by atoms with Gasteiger partial charge in [0, 0.05) is 17.4 Å². The molecule has 7 heteroatoms. The molecule has 0 radical (unpaired) electrons. The van der Waals surface area contributed by atoms with E-state index in [1.165, 1.54) is 0 Å². The van der Waals surface area contributed by atoms with E-state index < -0.39 is 0 Å². The Hall–Kier alpha value is -2.41. The number of nitrogens with one attached hydrogen (secondary N) is 2. The van der Waals surface area contributed by atoms with Crippen molar-refractivity contribution in [3.8, 4) is 0 Å². The van der Waals surface area contributed by atoms with Crippen molar-refractivity contribution in [3.63, 3.8) is 0 Å². The largest absolute Gasteiger partial charge is 0.399 e. The lowest BCUT2D eigenvalue weighted by Crippen LogP contribution is -2.32. The van der Waals surface area contributed by atoms with Crippen molar-refractivity contribution in [2.24, 2.45) is 0 Å². The van der Waals surface area contributed by atoms with Gasteiger partial charge in [0.2, 0.25) is 5.91 Å². The zero-order valence-electron chi connectivity index (χ0n) is 11.0. The van der Waals surface area contributed by atoms with E-state index in [1.54, 1.807) is 42.6 Å². The number of halogens is 1. The van der Waals surface area contributed by atoms with Gasteiger partial charge in [0.05, 0.1) is 12.2 Å². The van der Waals surface area contributed by atoms with E-state index in [-0.39, 0.29) is 18.4 Å². The van der Waals surface area contributed by atoms with Crippen LogP contribution in [-0.2, 0) is 4.79 Å². The van der Waals surface area contributed by atoms with E-state index in [9.17, 15) is 9.59 Å². The highest BCUT2D eigenvalue weighted by Gasteiger charge is 2.09. The Balaban J connectivity index is 1.88. The van der Waals surface area contributed by atoms with Gasteiger partial charge in [-0.15, -0.1) is 0 Å².